The van der Waals surface area contributed by atoms with E-state index in [2.05, 4.69) is 4.72 Å². The molecule has 0 unspecified atom stereocenters. The van der Waals surface area contributed by atoms with Gasteiger partial charge in [0.2, 0.25) is 10.0 Å². The Balaban J connectivity index is 2.56. The van der Waals surface area contributed by atoms with Crippen LogP contribution in [0.15, 0.2) is 16.3 Å². The van der Waals surface area contributed by atoms with E-state index in [4.69, 9.17) is 9.84 Å². The van der Waals surface area contributed by atoms with Gasteiger partial charge in [0.15, 0.2) is 0 Å². The fourth-order valence-electron chi connectivity index (χ4n) is 1.21. The van der Waals surface area contributed by atoms with Crippen LogP contribution in [0.2, 0.25) is 0 Å². The van der Waals surface area contributed by atoms with Crippen molar-refractivity contribution in [2.75, 3.05) is 26.4 Å². The van der Waals surface area contributed by atoms with Gasteiger partial charge >= 0.3 is 0 Å². The van der Waals surface area contributed by atoms with E-state index in [1.165, 1.54) is 11.3 Å². The molecule has 0 saturated carbocycles. The third-order valence-corrected chi connectivity index (χ3v) is 5.10. The van der Waals surface area contributed by atoms with Crippen molar-refractivity contribution in [3.05, 3.63) is 17.0 Å². The molecule has 0 spiro atoms. The first-order chi connectivity index (χ1) is 8.10. The van der Waals surface area contributed by atoms with Crippen LogP contribution < -0.4 is 4.72 Å². The summed E-state index contributed by atoms with van der Waals surface area (Å²) in [6.07, 6.45) is 0.485. The van der Waals surface area contributed by atoms with Crippen LogP contribution in [0.4, 0.5) is 0 Å². The van der Waals surface area contributed by atoms with Crippen molar-refractivity contribution in [1.82, 2.24) is 4.72 Å². The van der Waals surface area contributed by atoms with E-state index in [-0.39, 0.29) is 17.4 Å². The van der Waals surface area contributed by atoms with Crippen LogP contribution >= 0.6 is 11.3 Å². The molecule has 2 N–H and O–H groups in total. The van der Waals surface area contributed by atoms with Gasteiger partial charge in [0.25, 0.3) is 0 Å². The summed E-state index contributed by atoms with van der Waals surface area (Å²) in [7, 11) is -3.43. The molecule has 0 amide bonds. The molecule has 98 valence electrons. The van der Waals surface area contributed by atoms with Crippen LogP contribution in [0.3, 0.4) is 0 Å². The monoisotopic (exact) mass is 279 g/mol. The maximum absolute atomic E-state index is 11.8. The highest BCUT2D eigenvalue weighted by molar-refractivity contribution is 7.91. The van der Waals surface area contributed by atoms with Gasteiger partial charge in [-0.05, 0) is 19.1 Å². The number of aliphatic hydroxyl groups is 1. The molecule has 1 rings (SSSR count). The van der Waals surface area contributed by atoms with Crippen LogP contribution in [-0.4, -0.2) is 39.9 Å². The van der Waals surface area contributed by atoms with Crippen molar-refractivity contribution >= 4 is 21.4 Å². The molecular formula is C10H17NO4S2. The van der Waals surface area contributed by atoms with Crippen LogP contribution in [0.1, 0.15) is 11.8 Å². The Morgan fingerprint density at radius 1 is 1.47 bits per heavy atom. The van der Waals surface area contributed by atoms with E-state index in [0.29, 0.717) is 19.6 Å². The van der Waals surface area contributed by atoms with Crippen molar-refractivity contribution < 1.29 is 18.3 Å². The summed E-state index contributed by atoms with van der Waals surface area (Å²) in [6, 6.07) is 3.27. The smallest absolute Gasteiger partial charge is 0.250 e. The van der Waals surface area contributed by atoms with Crippen molar-refractivity contribution in [3.8, 4) is 0 Å². The van der Waals surface area contributed by atoms with Crippen molar-refractivity contribution in [2.24, 2.45) is 0 Å². The Morgan fingerprint density at radius 3 is 2.88 bits per heavy atom. The average Bonchev–Trinajstić information content (AvgIpc) is 2.74. The zero-order valence-corrected chi connectivity index (χ0v) is 11.3. The van der Waals surface area contributed by atoms with E-state index in [9.17, 15) is 8.42 Å². The molecule has 0 saturated heterocycles. The summed E-state index contributed by atoms with van der Waals surface area (Å²) in [5.41, 5.74) is 0. The Hall–Kier alpha value is -0.470. The minimum Gasteiger partial charge on any atom is -0.396 e. The van der Waals surface area contributed by atoms with Crippen molar-refractivity contribution in [2.45, 2.75) is 17.6 Å². The molecule has 1 aromatic heterocycles. The van der Waals surface area contributed by atoms with Gasteiger partial charge in [0.1, 0.15) is 4.21 Å². The quantitative estimate of drug-likeness (QED) is 0.683. The second-order valence-corrected chi connectivity index (χ2v) is 6.45. The Kier molecular flexibility index (Phi) is 6.07. The van der Waals surface area contributed by atoms with Gasteiger partial charge in [-0.25, -0.2) is 13.1 Å². The number of aliphatic hydroxyl groups excluding tert-OH is 1. The lowest BCUT2D eigenvalue weighted by Crippen LogP contribution is -2.26. The highest BCUT2D eigenvalue weighted by atomic mass is 32.2. The van der Waals surface area contributed by atoms with Crippen LogP contribution in [0.25, 0.3) is 0 Å². The summed E-state index contributed by atoms with van der Waals surface area (Å²) in [6.45, 7) is 3.09. The third-order valence-electron chi connectivity index (χ3n) is 2.00. The second-order valence-electron chi connectivity index (χ2n) is 3.29. The van der Waals surface area contributed by atoms with Gasteiger partial charge in [0.05, 0.1) is 6.61 Å². The zero-order chi connectivity index (χ0) is 12.7. The minimum absolute atomic E-state index is 0.0256. The Labute approximate surface area is 105 Å². The summed E-state index contributed by atoms with van der Waals surface area (Å²) in [5, 5.41) is 8.76. The van der Waals surface area contributed by atoms with Crippen LogP contribution in [0.5, 0.6) is 0 Å². The lowest BCUT2D eigenvalue weighted by molar-refractivity contribution is 0.153. The maximum Gasteiger partial charge on any atom is 0.250 e. The summed E-state index contributed by atoms with van der Waals surface area (Å²) in [4.78, 5) is 0.859. The van der Waals surface area contributed by atoms with Gasteiger partial charge in [0, 0.05) is 31.1 Å². The SMILES string of the molecule is CCOCCNS(=O)(=O)c1ccc(CCO)s1. The summed E-state index contributed by atoms with van der Waals surface area (Å²) in [5.74, 6) is 0. The molecule has 17 heavy (non-hydrogen) atoms. The third kappa shape index (κ3) is 4.72. The predicted octanol–water partition coefficient (Wildman–Crippen LogP) is 0.598. The highest BCUT2D eigenvalue weighted by Gasteiger charge is 2.15. The van der Waals surface area contributed by atoms with E-state index in [1.807, 2.05) is 6.92 Å². The van der Waals surface area contributed by atoms with Crippen LogP contribution in [0, 0.1) is 0 Å². The first kappa shape index (κ1) is 14.6. The molecule has 0 radical (unpaired) electrons. The van der Waals surface area contributed by atoms with Crippen LogP contribution in [-0.2, 0) is 21.2 Å². The first-order valence-electron chi connectivity index (χ1n) is 5.37. The molecule has 0 fully saturated rings. The molecule has 0 aliphatic carbocycles. The molecular weight excluding hydrogens is 262 g/mol. The topological polar surface area (TPSA) is 75.6 Å². The predicted molar refractivity (Wildman–Crippen MR) is 66.8 cm³/mol. The normalized spacial score (nSPS) is 11.9. The number of hydrogen-bond donors (Lipinski definition) is 2. The fourth-order valence-corrected chi connectivity index (χ4v) is 3.61. The fraction of sp³-hybridized carbons (Fsp3) is 0.600. The molecule has 0 atom stereocenters. The molecule has 0 aliphatic rings. The summed E-state index contributed by atoms with van der Waals surface area (Å²) >= 11 is 1.18. The number of nitrogens with one attached hydrogen (secondary N) is 1. The van der Waals surface area contributed by atoms with E-state index >= 15 is 0 Å². The number of ether oxygens (including phenoxy) is 1. The number of rotatable bonds is 8. The number of hydrogen-bond acceptors (Lipinski definition) is 5. The van der Waals surface area contributed by atoms with E-state index < -0.39 is 10.0 Å². The molecule has 7 heteroatoms. The molecule has 0 aromatic carbocycles. The zero-order valence-electron chi connectivity index (χ0n) is 9.68. The highest BCUT2D eigenvalue weighted by Crippen LogP contribution is 2.21. The minimum atomic E-state index is -3.43. The largest absolute Gasteiger partial charge is 0.396 e. The first-order valence-corrected chi connectivity index (χ1v) is 7.67. The number of sulfonamides is 1. The molecule has 0 aliphatic heterocycles. The number of thiophene rings is 1. The van der Waals surface area contributed by atoms with Gasteiger partial charge < -0.3 is 9.84 Å². The standard InChI is InChI=1S/C10H17NO4S2/c1-2-15-8-6-11-17(13,14)10-4-3-9(16-10)5-7-12/h3-4,11-12H,2,5-8H2,1H3. The van der Waals surface area contributed by atoms with Gasteiger partial charge in [-0.1, -0.05) is 0 Å². The average molecular weight is 279 g/mol. The van der Waals surface area contributed by atoms with Gasteiger partial charge in [-0.15, -0.1) is 11.3 Å². The Bertz CT molecular complexity index is 427. The van der Waals surface area contributed by atoms with Gasteiger partial charge in [-0.3, -0.25) is 0 Å². The van der Waals surface area contributed by atoms with E-state index in [0.717, 1.165) is 4.88 Å². The lowest BCUT2D eigenvalue weighted by atomic mass is 10.4. The van der Waals surface area contributed by atoms with Gasteiger partial charge in [-0.2, -0.15) is 0 Å². The molecule has 1 aromatic rings. The Morgan fingerprint density at radius 2 is 2.24 bits per heavy atom. The second kappa shape index (κ2) is 7.07. The molecule has 5 nitrogen and oxygen atoms in total. The van der Waals surface area contributed by atoms with Crippen molar-refractivity contribution in [1.29, 1.82) is 0 Å². The van der Waals surface area contributed by atoms with Crippen molar-refractivity contribution in [3.63, 3.8) is 0 Å². The van der Waals surface area contributed by atoms with E-state index in [1.54, 1.807) is 12.1 Å². The molecule has 0 bridgehead atoms. The summed E-state index contributed by atoms with van der Waals surface area (Å²) < 4.78 is 31.4. The molecule has 1 heterocycles. The lowest BCUT2D eigenvalue weighted by Gasteiger charge is -2.04. The maximum atomic E-state index is 11.8.